The average Bonchev–Trinajstić information content (AvgIpc) is 3.02. The van der Waals surface area contributed by atoms with E-state index in [4.69, 9.17) is 11.0 Å². The molecule has 2 aromatic rings. The van der Waals surface area contributed by atoms with Gasteiger partial charge >= 0.3 is 6.18 Å². The van der Waals surface area contributed by atoms with Gasteiger partial charge in [-0.25, -0.2) is 4.98 Å². The first-order chi connectivity index (χ1) is 13.2. The number of rotatable bonds is 4. The Morgan fingerprint density at radius 1 is 1.32 bits per heavy atom. The number of aromatic nitrogens is 3. The molecule has 0 radical (unpaired) electrons. The fourth-order valence-electron chi connectivity index (χ4n) is 4.55. The Labute approximate surface area is 161 Å². The van der Waals surface area contributed by atoms with Crippen LogP contribution in [0.3, 0.4) is 0 Å². The number of hydrogen-bond donors (Lipinski definition) is 1. The number of hydrogen-bond acceptors (Lipinski definition) is 4. The van der Waals surface area contributed by atoms with Gasteiger partial charge in [0.2, 0.25) is 0 Å². The summed E-state index contributed by atoms with van der Waals surface area (Å²) in [7, 11) is 0. The molecule has 0 aliphatic heterocycles. The van der Waals surface area contributed by atoms with Gasteiger partial charge in [0, 0.05) is 35.3 Å². The van der Waals surface area contributed by atoms with Crippen LogP contribution in [0.1, 0.15) is 56.3 Å². The van der Waals surface area contributed by atoms with E-state index < -0.39 is 17.6 Å². The number of pyridine rings is 1. The fourth-order valence-corrected chi connectivity index (χ4v) is 4.55. The van der Waals surface area contributed by atoms with Crippen LogP contribution in [0.5, 0.6) is 0 Å². The summed E-state index contributed by atoms with van der Waals surface area (Å²) < 4.78 is 41.6. The van der Waals surface area contributed by atoms with Gasteiger partial charge in [-0.3, -0.25) is 4.68 Å². The van der Waals surface area contributed by atoms with Crippen molar-refractivity contribution in [2.45, 2.75) is 51.2 Å². The van der Waals surface area contributed by atoms with Crippen molar-refractivity contribution in [2.24, 2.45) is 17.8 Å². The smallest absolute Gasteiger partial charge is 0.383 e. The second-order valence-corrected chi connectivity index (χ2v) is 7.96. The lowest BCUT2D eigenvalue weighted by Gasteiger charge is -2.15. The first-order valence-corrected chi connectivity index (χ1v) is 9.56. The molecule has 2 heterocycles. The first kappa shape index (κ1) is 18.8. The van der Waals surface area contributed by atoms with Crippen molar-refractivity contribution in [1.82, 2.24) is 14.8 Å². The lowest BCUT2D eigenvalue weighted by molar-refractivity contribution is -0.137. The maximum atomic E-state index is 13.2. The largest absolute Gasteiger partial charge is 0.419 e. The number of alkyl halides is 3. The van der Waals surface area contributed by atoms with Gasteiger partial charge in [-0.2, -0.15) is 23.5 Å². The SMILES string of the molecule is CCC(C)n1nc(-c2cnc(N)c(C(F)(F)F)c2)cc1C1C2CC(C#N)CC21. The maximum Gasteiger partial charge on any atom is 0.419 e. The van der Waals surface area contributed by atoms with E-state index in [-0.39, 0.29) is 12.0 Å². The van der Waals surface area contributed by atoms with Crippen LogP contribution in [0, 0.1) is 29.1 Å². The molecule has 4 rings (SSSR count). The van der Waals surface area contributed by atoms with E-state index in [0.29, 0.717) is 29.0 Å². The molecule has 0 saturated heterocycles. The molecule has 0 spiro atoms. The van der Waals surface area contributed by atoms with E-state index >= 15 is 0 Å². The molecular weight excluding hydrogens is 367 g/mol. The van der Waals surface area contributed by atoms with Gasteiger partial charge in [0.1, 0.15) is 5.82 Å². The molecule has 2 aliphatic rings. The highest BCUT2D eigenvalue weighted by Gasteiger charge is 2.58. The van der Waals surface area contributed by atoms with Crippen molar-refractivity contribution in [2.75, 3.05) is 5.73 Å². The highest BCUT2D eigenvalue weighted by molar-refractivity contribution is 5.63. The van der Waals surface area contributed by atoms with E-state index in [1.165, 1.54) is 6.20 Å². The minimum atomic E-state index is -4.56. The summed E-state index contributed by atoms with van der Waals surface area (Å²) in [4.78, 5) is 3.74. The van der Waals surface area contributed by atoms with E-state index in [2.05, 4.69) is 30.0 Å². The number of anilines is 1. The Morgan fingerprint density at radius 2 is 2.00 bits per heavy atom. The number of fused-ring (bicyclic) bond motifs is 1. The van der Waals surface area contributed by atoms with Crippen LogP contribution in [-0.4, -0.2) is 14.8 Å². The van der Waals surface area contributed by atoms with Crippen molar-refractivity contribution >= 4 is 5.82 Å². The van der Waals surface area contributed by atoms with Crippen molar-refractivity contribution in [1.29, 1.82) is 5.26 Å². The third-order valence-corrected chi connectivity index (χ3v) is 6.26. The Bertz CT molecular complexity index is 930. The molecule has 2 aromatic heterocycles. The molecule has 5 nitrogen and oxygen atoms in total. The van der Waals surface area contributed by atoms with Gasteiger partial charge < -0.3 is 5.73 Å². The molecule has 0 bridgehead atoms. The van der Waals surface area contributed by atoms with Gasteiger partial charge in [-0.05, 0) is 50.2 Å². The van der Waals surface area contributed by atoms with Gasteiger partial charge in [0.05, 0.1) is 17.3 Å². The van der Waals surface area contributed by atoms with E-state index in [0.717, 1.165) is 31.0 Å². The zero-order valence-electron chi connectivity index (χ0n) is 15.7. The third kappa shape index (κ3) is 3.03. The zero-order valence-corrected chi connectivity index (χ0v) is 15.7. The van der Waals surface area contributed by atoms with E-state index in [9.17, 15) is 13.2 Å². The van der Waals surface area contributed by atoms with Crippen LogP contribution in [0.2, 0.25) is 0 Å². The molecule has 2 N–H and O–H groups in total. The summed E-state index contributed by atoms with van der Waals surface area (Å²) in [6, 6.07) is 5.41. The summed E-state index contributed by atoms with van der Waals surface area (Å²) in [5.74, 6) is 0.890. The molecule has 0 aromatic carbocycles. The third-order valence-electron chi connectivity index (χ3n) is 6.26. The molecule has 3 unspecified atom stereocenters. The van der Waals surface area contributed by atoms with Crippen LogP contribution in [0.15, 0.2) is 18.3 Å². The molecule has 2 saturated carbocycles. The predicted octanol–water partition coefficient (Wildman–Crippen LogP) is 4.78. The standard InChI is InChI=1S/C20H22F3N5/c1-3-10(2)28-17(18-13-4-11(8-24)5-14(13)18)7-16(27-28)12-6-15(20(21,22)23)19(25)26-9-12/h6-7,9-11,13-14,18H,3-5H2,1-2H3,(H2,25,26). The summed E-state index contributed by atoms with van der Waals surface area (Å²) >= 11 is 0. The van der Waals surface area contributed by atoms with Crippen LogP contribution in [-0.2, 0) is 6.18 Å². The van der Waals surface area contributed by atoms with Crippen LogP contribution in [0.4, 0.5) is 19.0 Å². The lowest BCUT2D eigenvalue weighted by Crippen LogP contribution is -2.11. The molecule has 2 aliphatic carbocycles. The molecular formula is C20H22F3N5. The van der Waals surface area contributed by atoms with Gasteiger partial charge in [-0.15, -0.1) is 0 Å². The average molecular weight is 389 g/mol. The van der Waals surface area contributed by atoms with Gasteiger partial charge in [0.25, 0.3) is 0 Å². The van der Waals surface area contributed by atoms with E-state index in [1.54, 1.807) is 0 Å². The normalized spacial score (nSPS) is 27.3. The van der Waals surface area contributed by atoms with Crippen molar-refractivity contribution in [3.8, 4) is 17.3 Å². The van der Waals surface area contributed by atoms with Crippen LogP contribution >= 0.6 is 0 Å². The Hall–Kier alpha value is -2.56. The highest BCUT2D eigenvalue weighted by atomic mass is 19.4. The molecule has 8 heteroatoms. The number of halogens is 3. The molecule has 148 valence electrons. The summed E-state index contributed by atoms with van der Waals surface area (Å²) in [5, 5.41) is 13.8. The summed E-state index contributed by atoms with van der Waals surface area (Å²) in [5.41, 5.74) is 6.33. The Kier molecular flexibility index (Phi) is 4.36. The second kappa shape index (κ2) is 6.50. The highest BCUT2D eigenvalue weighted by Crippen LogP contribution is 2.65. The summed E-state index contributed by atoms with van der Waals surface area (Å²) in [6.45, 7) is 4.11. The molecule has 0 amide bonds. The van der Waals surface area contributed by atoms with Gasteiger partial charge in [0.15, 0.2) is 0 Å². The van der Waals surface area contributed by atoms with Crippen molar-refractivity contribution in [3.05, 3.63) is 29.6 Å². The predicted molar refractivity (Wildman–Crippen MR) is 97.9 cm³/mol. The monoisotopic (exact) mass is 389 g/mol. The second-order valence-electron chi connectivity index (χ2n) is 7.96. The molecule has 28 heavy (non-hydrogen) atoms. The Morgan fingerprint density at radius 3 is 2.57 bits per heavy atom. The minimum absolute atomic E-state index is 0.126. The van der Waals surface area contributed by atoms with Crippen LogP contribution < -0.4 is 5.73 Å². The topological polar surface area (TPSA) is 80.5 Å². The molecule has 2 fully saturated rings. The lowest BCUT2D eigenvalue weighted by atomic mass is 9.99. The zero-order chi connectivity index (χ0) is 20.2. The van der Waals surface area contributed by atoms with Crippen molar-refractivity contribution in [3.63, 3.8) is 0 Å². The number of nitrogens with zero attached hydrogens (tertiary/aromatic N) is 4. The van der Waals surface area contributed by atoms with Crippen LogP contribution in [0.25, 0.3) is 11.3 Å². The van der Waals surface area contributed by atoms with Gasteiger partial charge in [-0.1, -0.05) is 6.92 Å². The van der Waals surface area contributed by atoms with E-state index in [1.807, 2.05) is 10.7 Å². The first-order valence-electron chi connectivity index (χ1n) is 9.56. The molecule has 3 atom stereocenters. The van der Waals surface area contributed by atoms with Crippen molar-refractivity contribution < 1.29 is 13.2 Å². The minimum Gasteiger partial charge on any atom is -0.383 e. The number of nitriles is 1. The fraction of sp³-hybridized carbons (Fsp3) is 0.550. The summed E-state index contributed by atoms with van der Waals surface area (Å²) in [6.07, 6.45) is -0.556. The quantitative estimate of drug-likeness (QED) is 0.816. The number of nitrogens with two attached hydrogens (primary N) is 1. The number of nitrogen functional groups attached to an aromatic ring is 1. The Balaban J connectivity index is 1.71. The maximum absolute atomic E-state index is 13.2.